The molecule has 3 rings (SSSR count). The Labute approximate surface area is 143 Å². The second kappa shape index (κ2) is 6.56. The summed E-state index contributed by atoms with van der Waals surface area (Å²) in [6.07, 6.45) is 1.09. The van der Waals surface area contributed by atoms with E-state index < -0.39 is 21.6 Å². The average Bonchev–Trinajstić information content (AvgIpc) is 2.90. The molecule has 0 radical (unpaired) electrons. The van der Waals surface area contributed by atoms with E-state index in [9.17, 15) is 18.0 Å². The maximum atomic E-state index is 12.0. The molecule has 0 aliphatic rings. The van der Waals surface area contributed by atoms with E-state index in [1.807, 2.05) is 0 Å². The van der Waals surface area contributed by atoms with Crippen molar-refractivity contribution in [2.75, 3.05) is 12.9 Å². The van der Waals surface area contributed by atoms with Crippen LogP contribution in [0.1, 0.15) is 10.4 Å². The zero-order valence-corrected chi connectivity index (χ0v) is 14.2. The van der Waals surface area contributed by atoms with Gasteiger partial charge in [0, 0.05) is 6.26 Å². The summed E-state index contributed by atoms with van der Waals surface area (Å²) in [5, 5.41) is 0. The number of aromatic nitrogens is 1. The van der Waals surface area contributed by atoms with Gasteiger partial charge in [-0.25, -0.2) is 18.0 Å². The monoisotopic (exact) mass is 361 g/mol. The molecule has 0 aliphatic heterocycles. The summed E-state index contributed by atoms with van der Waals surface area (Å²) in [5.74, 6) is -1.12. The highest BCUT2D eigenvalue weighted by Gasteiger charge is 2.12. The Balaban J connectivity index is 1.66. The highest BCUT2D eigenvalue weighted by Crippen LogP contribution is 2.13. The lowest BCUT2D eigenvalue weighted by molar-refractivity contribution is 0.0490. The number of esters is 1. The molecule has 3 aromatic rings. The van der Waals surface area contributed by atoms with E-state index in [0.29, 0.717) is 11.1 Å². The third-order valence-electron chi connectivity index (χ3n) is 3.64. The van der Waals surface area contributed by atoms with Crippen molar-refractivity contribution in [3.05, 3.63) is 64.6 Å². The molecule has 7 nitrogen and oxygen atoms in total. The van der Waals surface area contributed by atoms with Crippen LogP contribution in [0.3, 0.4) is 0 Å². The number of oxazole rings is 1. The zero-order chi connectivity index (χ0) is 18.0. The Morgan fingerprint density at radius 2 is 1.80 bits per heavy atom. The van der Waals surface area contributed by atoms with Crippen LogP contribution < -0.4 is 5.76 Å². The van der Waals surface area contributed by atoms with Crippen molar-refractivity contribution in [3.63, 3.8) is 0 Å². The van der Waals surface area contributed by atoms with Gasteiger partial charge < -0.3 is 9.15 Å². The van der Waals surface area contributed by atoms with Crippen LogP contribution in [0, 0.1) is 0 Å². The molecule has 2 aromatic carbocycles. The number of ether oxygens (including phenoxy) is 1. The summed E-state index contributed by atoms with van der Waals surface area (Å²) in [5.41, 5.74) is 1.33. The summed E-state index contributed by atoms with van der Waals surface area (Å²) in [6.45, 7) is 0.138. The molecule has 0 amide bonds. The van der Waals surface area contributed by atoms with Crippen molar-refractivity contribution in [2.24, 2.45) is 0 Å². The quantitative estimate of drug-likeness (QED) is 0.644. The number of hydrogen-bond donors (Lipinski definition) is 0. The van der Waals surface area contributed by atoms with Gasteiger partial charge in [-0.3, -0.25) is 4.57 Å². The maximum absolute atomic E-state index is 12.0. The minimum absolute atomic E-state index is 0.0178. The third kappa shape index (κ3) is 3.63. The van der Waals surface area contributed by atoms with E-state index in [4.69, 9.17) is 9.15 Å². The predicted molar refractivity (Wildman–Crippen MR) is 90.3 cm³/mol. The fourth-order valence-electron chi connectivity index (χ4n) is 2.38. The number of sulfone groups is 1. The molecule has 0 bridgehead atoms. The lowest BCUT2D eigenvalue weighted by Gasteiger charge is -2.06. The second-order valence-electron chi connectivity index (χ2n) is 5.42. The SMILES string of the molecule is CS(=O)(=O)c1ccc(C(=O)OCCn2c(=O)oc3ccccc32)cc1. The lowest BCUT2D eigenvalue weighted by Crippen LogP contribution is -2.19. The minimum Gasteiger partial charge on any atom is -0.460 e. The van der Waals surface area contributed by atoms with E-state index in [-0.39, 0.29) is 23.6 Å². The van der Waals surface area contributed by atoms with E-state index in [0.717, 1.165) is 6.26 Å². The Hall–Kier alpha value is -2.87. The van der Waals surface area contributed by atoms with E-state index >= 15 is 0 Å². The van der Waals surface area contributed by atoms with Crippen LogP contribution in [0.15, 0.2) is 62.6 Å². The van der Waals surface area contributed by atoms with Crippen molar-refractivity contribution in [1.82, 2.24) is 4.57 Å². The molecule has 0 atom stereocenters. The summed E-state index contributed by atoms with van der Waals surface area (Å²) >= 11 is 0. The van der Waals surface area contributed by atoms with E-state index in [2.05, 4.69) is 0 Å². The fraction of sp³-hybridized carbons (Fsp3) is 0.176. The number of carbonyl (C=O) groups excluding carboxylic acids is 1. The van der Waals surface area contributed by atoms with Crippen molar-refractivity contribution < 1.29 is 22.4 Å². The molecule has 0 unspecified atom stereocenters. The molecule has 0 spiro atoms. The molecule has 0 fully saturated rings. The molecule has 0 saturated heterocycles. The molecular formula is C17H15NO6S. The molecule has 8 heteroatoms. The minimum atomic E-state index is -3.32. The first-order valence-corrected chi connectivity index (χ1v) is 9.31. The smallest absolute Gasteiger partial charge is 0.420 e. The van der Waals surface area contributed by atoms with Gasteiger partial charge in [-0.15, -0.1) is 0 Å². The molecular weight excluding hydrogens is 346 g/mol. The second-order valence-corrected chi connectivity index (χ2v) is 7.44. The van der Waals surface area contributed by atoms with Crippen LogP contribution in [0.4, 0.5) is 0 Å². The van der Waals surface area contributed by atoms with Gasteiger partial charge in [0.15, 0.2) is 15.4 Å². The van der Waals surface area contributed by atoms with Gasteiger partial charge in [0.05, 0.1) is 22.5 Å². The molecule has 0 N–H and O–H groups in total. The summed E-state index contributed by atoms with van der Waals surface area (Å²) in [6, 6.07) is 12.4. The standard InChI is InChI=1S/C17H15NO6S/c1-25(21,22)13-8-6-12(7-9-13)16(19)23-11-10-18-14-4-2-3-5-15(14)24-17(18)20/h2-9H,10-11H2,1H3. The largest absolute Gasteiger partial charge is 0.460 e. The van der Waals surface area contributed by atoms with Crippen LogP contribution in [0.2, 0.25) is 0 Å². The lowest BCUT2D eigenvalue weighted by atomic mass is 10.2. The maximum Gasteiger partial charge on any atom is 0.420 e. The predicted octanol–water partition coefficient (Wildman–Crippen LogP) is 1.86. The molecule has 0 aliphatic carbocycles. The Morgan fingerprint density at radius 1 is 1.12 bits per heavy atom. The molecule has 1 aromatic heterocycles. The Bertz CT molecular complexity index is 1080. The van der Waals surface area contributed by atoms with Crippen molar-refractivity contribution in [2.45, 2.75) is 11.4 Å². The van der Waals surface area contributed by atoms with Crippen LogP contribution in [0.25, 0.3) is 11.1 Å². The first-order chi connectivity index (χ1) is 11.9. The number of para-hydroxylation sites is 2. The van der Waals surface area contributed by atoms with Gasteiger partial charge in [-0.2, -0.15) is 0 Å². The number of carbonyl (C=O) groups is 1. The van der Waals surface area contributed by atoms with E-state index in [1.54, 1.807) is 24.3 Å². The van der Waals surface area contributed by atoms with Gasteiger partial charge in [0.2, 0.25) is 0 Å². The Kier molecular flexibility index (Phi) is 4.45. The van der Waals surface area contributed by atoms with Gasteiger partial charge >= 0.3 is 11.7 Å². The average molecular weight is 361 g/mol. The van der Waals surface area contributed by atoms with Crippen molar-refractivity contribution >= 4 is 26.9 Å². The topological polar surface area (TPSA) is 95.6 Å². The first kappa shape index (κ1) is 17.0. The van der Waals surface area contributed by atoms with Crippen LogP contribution in [0.5, 0.6) is 0 Å². The number of benzene rings is 2. The van der Waals surface area contributed by atoms with Crippen LogP contribution in [-0.2, 0) is 21.1 Å². The number of fused-ring (bicyclic) bond motifs is 1. The third-order valence-corrected chi connectivity index (χ3v) is 4.77. The van der Waals surface area contributed by atoms with Gasteiger partial charge in [-0.05, 0) is 36.4 Å². The van der Waals surface area contributed by atoms with Gasteiger partial charge in [-0.1, -0.05) is 12.1 Å². The molecule has 130 valence electrons. The van der Waals surface area contributed by atoms with Crippen LogP contribution >= 0.6 is 0 Å². The highest BCUT2D eigenvalue weighted by atomic mass is 32.2. The zero-order valence-electron chi connectivity index (χ0n) is 13.3. The first-order valence-electron chi connectivity index (χ1n) is 7.42. The van der Waals surface area contributed by atoms with Crippen LogP contribution in [-0.4, -0.2) is 31.8 Å². The number of nitrogens with zero attached hydrogens (tertiary/aromatic N) is 1. The fourth-order valence-corrected chi connectivity index (χ4v) is 3.01. The summed E-state index contributed by atoms with van der Waals surface area (Å²) in [7, 11) is -3.32. The number of rotatable bonds is 5. The Morgan fingerprint density at radius 3 is 2.48 bits per heavy atom. The molecule has 1 heterocycles. The summed E-state index contributed by atoms with van der Waals surface area (Å²) in [4.78, 5) is 23.9. The van der Waals surface area contributed by atoms with Gasteiger partial charge in [0.1, 0.15) is 6.61 Å². The highest BCUT2D eigenvalue weighted by molar-refractivity contribution is 7.90. The summed E-state index contributed by atoms with van der Waals surface area (Å²) < 4.78 is 34.4. The van der Waals surface area contributed by atoms with Crippen molar-refractivity contribution in [3.8, 4) is 0 Å². The van der Waals surface area contributed by atoms with Gasteiger partial charge in [0.25, 0.3) is 0 Å². The van der Waals surface area contributed by atoms with E-state index in [1.165, 1.54) is 28.8 Å². The number of hydrogen-bond acceptors (Lipinski definition) is 6. The molecule has 0 saturated carbocycles. The molecule has 25 heavy (non-hydrogen) atoms. The van der Waals surface area contributed by atoms with Crippen molar-refractivity contribution in [1.29, 1.82) is 0 Å². The normalized spacial score (nSPS) is 11.6.